The van der Waals surface area contributed by atoms with Crippen molar-refractivity contribution in [2.75, 3.05) is 12.3 Å². The second kappa shape index (κ2) is 6.46. The zero-order valence-corrected chi connectivity index (χ0v) is 14.7. The van der Waals surface area contributed by atoms with Crippen molar-refractivity contribution in [2.45, 2.75) is 25.7 Å². The predicted molar refractivity (Wildman–Crippen MR) is 103 cm³/mol. The molecule has 0 unspecified atom stereocenters. The number of aromatic nitrogens is 3. The van der Waals surface area contributed by atoms with E-state index in [4.69, 9.17) is 5.73 Å². The van der Waals surface area contributed by atoms with Crippen LogP contribution in [0, 0.1) is 0 Å². The van der Waals surface area contributed by atoms with E-state index >= 15 is 0 Å². The van der Waals surface area contributed by atoms with Crippen molar-refractivity contribution < 1.29 is 10.2 Å². The van der Waals surface area contributed by atoms with Crippen molar-refractivity contribution in [2.24, 2.45) is 7.05 Å². The average molecular weight is 350 g/mol. The molecule has 0 saturated carbocycles. The highest BCUT2D eigenvalue weighted by molar-refractivity contribution is 5.93. The van der Waals surface area contributed by atoms with Crippen LogP contribution in [0.1, 0.15) is 35.5 Å². The van der Waals surface area contributed by atoms with E-state index in [2.05, 4.69) is 9.97 Å². The molecule has 4 N–H and O–H groups in total. The molecule has 0 aliphatic heterocycles. The highest BCUT2D eigenvalue weighted by Gasteiger charge is 2.21. The predicted octanol–water partition coefficient (Wildman–Crippen LogP) is 2.67. The molecule has 0 radical (unpaired) electrons. The molecule has 4 rings (SSSR count). The van der Waals surface area contributed by atoms with Crippen molar-refractivity contribution >= 4 is 28.5 Å². The lowest BCUT2D eigenvalue weighted by molar-refractivity contribution is 0.295. The molecule has 2 aromatic heterocycles. The van der Waals surface area contributed by atoms with Crippen LogP contribution in [0.4, 0.5) is 5.82 Å². The fourth-order valence-corrected chi connectivity index (χ4v) is 3.78. The summed E-state index contributed by atoms with van der Waals surface area (Å²) in [7, 11) is 1.96. The van der Waals surface area contributed by atoms with Crippen LogP contribution in [0.25, 0.3) is 22.7 Å². The summed E-state index contributed by atoms with van der Waals surface area (Å²) in [5, 5.41) is 19.5. The summed E-state index contributed by atoms with van der Waals surface area (Å²) >= 11 is 0. The first kappa shape index (κ1) is 16.6. The highest BCUT2D eigenvalue weighted by atomic mass is 16.3. The van der Waals surface area contributed by atoms with Gasteiger partial charge in [0.05, 0.1) is 17.8 Å². The standard InChI is InChI=1S/C20H22N4O2/c1-24-17(9-10-25)23-18-19(24)14-7-4-5-12(11-15(14)22-20(18)21)13-6-2-3-8-16(13)26/h2-3,6,8,11,25-26H,4-5,7,9-10H2,1H3,(H2,21,22). The third-order valence-corrected chi connectivity index (χ3v) is 5.04. The maximum absolute atomic E-state index is 10.2. The largest absolute Gasteiger partial charge is 0.507 e. The lowest BCUT2D eigenvalue weighted by atomic mass is 10.0. The minimum Gasteiger partial charge on any atom is -0.507 e. The Hall–Kier alpha value is -2.86. The Morgan fingerprint density at radius 3 is 2.77 bits per heavy atom. The van der Waals surface area contributed by atoms with Gasteiger partial charge in [-0.2, -0.15) is 0 Å². The first-order valence-electron chi connectivity index (χ1n) is 8.83. The van der Waals surface area contributed by atoms with Crippen LogP contribution < -0.4 is 5.73 Å². The maximum Gasteiger partial charge on any atom is 0.152 e. The molecule has 134 valence electrons. The number of nitrogen functional groups attached to an aromatic ring is 1. The molecule has 6 heteroatoms. The van der Waals surface area contributed by atoms with Gasteiger partial charge in [0.25, 0.3) is 0 Å². The van der Waals surface area contributed by atoms with Crippen molar-refractivity contribution in [3.05, 3.63) is 46.9 Å². The van der Waals surface area contributed by atoms with E-state index in [0.717, 1.165) is 53.0 Å². The summed E-state index contributed by atoms with van der Waals surface area (Å²) in [4.78, 5) is 9.19. The topological polar surface area (TPSA) is 97.2 Å². The van der Waals surface area contributed by atoms with Crippen LogP contribution in [-0.4, -0.2) is 31.4 Å². The number of aliphatic hydroxyl groups excluding tert-OH is 1. The number of nitrogens with two attached hydrogens (primary N) is 1. The molecule has 0 bridgehead atoms. The number of rotatable bonds is 3. The number of nitrogens with zero attached hydrogens (tertiary/aromatic N) is 3. The minimum absolute atomic E-state index is 0.0457. The van der Waals surface area contributed by atoms with Crippen LogP contribution in [-0.2, 0) is 19.9 Å². The normalized spacial score (nSPS) is 14.2. The third-order valence-electron chi connectivity index (χ3n) is 5.04. The quantitative estimate of drug-likeness (QED) is 0.675. The van der Waals surface area contributed by atoms with E-state index in [1.54, 1.807) is 6.07 Å². The zero-order valence-electron chi connectivity index (χ0n) is 14.7. The monoisotopic (exact) mass is 350 g/mol. The van der Waals surface area contributed by atoms with E-state index in [-0.39, 0.29) is 12.4 Å². The summed E-state index contributed by atoms with van der Waals surface area (Å²) in [5.74, 6) is 1.48. The van der Waals surface area contributed by atoms with Crippen LogP contribution in [0.2, 0.25) is 0 Å². The molecule has 26 heavy (non-hydrogen) atoms. The molecule has 0 fully saturated rings. The van der Waals surface area contributed by atoms with Crippen molar-refractivity contribution in [3.63, 3.8) is 0 Å². The van der Waals surface area contributed by atoms with Gasteiger partial charge in [-0.05, 0) is 37.0 Å². The lowest BCUT2D eigenvalue weighted by Gasteiger charge is -2.09. The Balaban J connectivity index is 1.93. The van der Waals surface area contributed by atoms with Gasteiger partial charge in [-0.15, -0.1) is 0 Å². The van der Waals surface area contributed by atoms with Gasteiger partial charge in [0, 0.05) is 24.6 Å². The van der Waals surface area contributed by atoms with Crippen molar-refractivity contribution in [3.8, 4) is 5.75 Å². The van der Waals surface area contributed by atoms with Gasteiger partial charge < -0.3 is 20.5 Å². The van der Waals surface area contributed by atoms with Crippen molar-refractivity contribution in [1.29, 1.82) is 0 Å². The van der Waals surface area contributed by atoms with Gasteiger partial charge in [-0.1, -0.05) is 18.2 Å². The number of allylic oxidation sites excluding steroid dienone is 1. The number of anilines is 1. The molecule has 3 aromatic rings. The van der Waals surface area contributed by atoms with E-state index in [1.165, 1.54) is 0 Å². The fourth-order valence-electron chi connectivity index (χ4n) is 3.78. The number of pyridine rings is 1. The van der Waals surface area contributed by atoms with E-state index < -0.39 is 0 Å². The molecule has 0 saturated heterocycles. The van der Waals surface area contributed by atoms with Crippen molar-refractivity contribution in [1.82, 2.24) is 14.5 Å². The van der Waals surface area contributed by atoms with Gasteiger partial charge in [0.2, 0.25) is 0 Å². The second-order valence-electron chi connectivity index (χ2n) is 6.66. The van der Waals surface area contributed by atoms with E-state index in [0.29, 0.717) is 17.8 Å². The van der Waals surface area contributed by atoms with E-state index in [9.17, 15) is 10.2 Å². The smallest absolute Gasteiger partial charge is 0.152 e. The molecule has 2 heterocycles. The Morgan fingerprint density at radius 2 is 2.00 bits per heavy atom. The van der Waals surface area contributed by atoms with Gasteiger partial charge in [-0.3, -0.25) is 0 Å². The van der Waals surface area contributed by atoms with Gasteiger partial charge in [0.15, 0.2) is 5.82 Å². The Labute approximate surface area is 151 Å². The molecular formula is C20H22N4O2. The lowest BCUT2D eigenvalue weighted by Crippen LogP contribution is -2.04. The molecule has 0 spiro atoms. The number of imidazole rings is 1. The number of hydrogen-bond acceptors (Lipinski definition) is 5. The number of phenolic OH excluding ortho intramolecular Hbond substituents is 1. The fraction of sp³-hybridized carbons (Fsp3) is 0.300. The van der Waals surface area contributed by atoms with Gasteiger partial charge in [-0.25, -0.2) is 9.97 Å². The number of aliphatic hydroxyl groups is 1. The number of hydrogen-bond donors (Lipinski definition) is 3. The molecule has 1 aliphatic rings. The number of para-hydroxylation sites is 1. The molecule has 6 nitrogen and oxygen atoms in total. The maximum atomic E-state index is 10.2. The molecule has 0 amide bonds. The summed E-state index contributed by atoms with van der Waals surface area (Å²) in [6.07, 6.45) is 5.19. The number of benzene rings is 1. The molecular weight excluding hydrogens is 328 g/mol. The molecule has 0 atom stereocenters. The average Bonchev–Trinajstić information content (AvgIpc) is 2.82. The Morgan fingerprint density at radius 1 is 1.19 bits per heavy atom. The van der Waals surface area contributed by atoms with E-state index in [1.807, 2.05) is 35.9 Å². The SMILES string of the molecule is Cn1c(CCO)nc2c(N)nc3c(c21)CCCC(c1ccccc1O)=C3. The number of phenols is 1. The third kappa shape index (κ3) is 2.63. The summed E-state index contributed by atoms with van der Waals surface area (Å²) in [5.41, 5.74) is 11.8. The van der Waals surface area contributed by atoms with Crippen LogP contribution in [0.5, 0.6) is 5.75 Å². The number of aryl methyl sites for hydroxylation is 2. The first-order chi connectivity index (χ1) is 12.6. The van der Waals surface area contributed by atoms with Crippen LogP contribution in [0.15, 0.2) is 24.3 Å². The summed E-state index contributed by atoms with van der Waals surface area (Å²) < 4.78 is 2.02. The second-order valence-corrected chi connectivity index (χ2v) is 6.66. The molecule has 1 aliphatic carbocycles. The Bertz CT molecular complexity index is 1020. The van der Waals surface area contributed by atoms with Crippen LogP contribution >= 0.6 is 0 Å². The van der Waals surface area contributed by atoms with Crippen LogP contribution in [0.3, 0.4) is 0 Å². The highest BCUT2D eigenvalue weighted by Crippen LogP contribution is 2.36. The summed E-state index contributed by atoms with van der Waals surface area (Å²) in [6.45, 7) is 0.0457. The number of aromatic hydroxyl groups is 1. The summed E-state index contributed by atoms with van der Waals surface area (Å²) in [6, 6.07) is 7.38. The number of fused-ring (bicyclic) bond motifs is 3. The molecule has 1 aromatic carbocycles. The first-order valence-corrected chi connectivity index (χ1v) is 8.83. The Kier molecular flexibility index (Phi) is 4.12. The minimum atomic E-state index is 0.0457. The zero-order chi connectivity index (χ0) is 18.3. The van der Waals surface area contributed by atoms with Gasteiger partial charge in [0.1, 0.15) is 17.1 Å². The van der Waals surface area contributed by atoms with Gasteiger partial charge >= 0.3 is 0 Å².